The van der Waals surface area contributed by atoms with Crippen molar-refractivity contribution in [2.45, 2.75) is 33.2 Å². The lowest BCUT2D eigenvalue weighted by molar-refractivity contribution is -0.147. The Hall–Kier alpha value is -1.79. The van der Waals surface area contributed by atoms with Gasteiger partial charge in [-0.25, -0.2) is 4.99 Å². The fourth-order valence-corrected chi connectivity index (χ4v) is 3.51. The van der Waals surface area contributed by atoms with Gasteiger partial charge in [0.1, 0.15) is 11.7 Å². The zero-order chi connectivity index (χ0) is 18.6. The summed E-state index contributed by atoms with van der Waals surface area (Å²) in [5.74, 6) is -0.956. The third-order valence-electron chi connectivity index (χ3n) is 4.09. The molecule has 0 spiro atoms. The standard InChI is InChI=1S/C18H21ClN2O3S/c1-4-24-17(23)15-12(3)20-18(25)21(10-9-11(2)22)16(15)13-7-5-6-8-14(13)19/h5-8,15-16H,4,9-10H2,1-3H3. The molecule has 0 radical (unpaired) electrons. The quantitative estimate of drug-likeness (QED) is 0.557. The molecule has 0 aromatic heterocycles. The van der Waals surface area contributed by atoms with E-state index in [4.69, 9.17) is 28.6 Å². The number of aliphatic imine (C=N–C) groups is 1. The summed E-state index contributed by atoms with van der Waals surface area (Å²) in [6, 6.07) is 6.87. The molecule has 1 heterocycles. The summed E-state index contributed by atoms with van der Waals surface area (Å²) >= 11 is 11.8. The number of benzene rings is 1. The maximum absolute atomic E-state index is 12.6. The van der Waals surface area contributed by atoms with Gasteiger partial charge < -0.3 is 9.64 Å². The molecule has 2 atom stereocenters. The van der Waals surface area contributed by atoms with Crippen LogP contribution in [0.5, 0.6) is 0 Å². The minimum atomic E-state index is -0.626. The van der Waals surface area contributed by atoms with Crippen molar-refractivity contribution >= 4 is 46.4 Å². The first-order chi connectivity index (χ1) is 11.9. The fraction of sp³-hybridized carbons (Fsp3) is 0.444. The van der Waals surface area contributed by atoms with E-state index in [2.05, 4.69) is 4.99 Å². The average Bonchev–Trinajstić information content (AvgIpc) is 2.53. The van der Waals surface area contributed by atoms with Crippen molar-refractivity contribution in [1.29, 1.82) is 0 Å². The van der Waals surface area contributed by atoms with E-state index in [0.717, 1.165) is 5.56 Å². The van der Waals surface area contributed by atoms with Crippen molar-refractivity contribution in [3.05, 3.63) is 34.9 Å². The SMILES string of the molecule is CCOC(=O)C1C(C)=NC(=S)N(CCC(C)=O)C1c1ccccc1Cl. The van der Waals surface area contributed by atoms with E-state index in [9.17, 15) is 9.59 Å². The summed E-state index contributed by atoms with van der Waals surface area (Å²) in [5, 5.41) is 0.886. The van der Waals surface area contributed by atoms with Crippen LogP contribution in [0.4, 0.5) is 0 Å². The Labute approximate surface area is 158 Å². The molecule has 0 amide bonds. The molecule has 1 aliphatic rings. The molecule has 0 aliphatic carbocycles. The van der Waals surface area contributed by atoms with Crippen molar-refractivity contribution in [2.24, 2.45) is 10.9 Å². The first-order valence-electron chi connectivity index (χ1n) is 8.13. The van der Waals surface area contributed by atoms with E-state index >= 15 is 0 Å². The third-order valence-corrected chi connectivity index (χ3v) is 4.76. The molecule has 2 unspecified atom stereocenters. The van der Waals surface area contributed by atoms with Crippen molar-refractivity contribution in [1.82, 2.24) is 4.90 Å². The summed E-state index contributed by atoms with van der Waals surface area (Å²) in [5.41, 5.74) is 1.36. The Kier molecular flexibility index (Phi) is 6.67. The van der Waals surface area contributed by atoms with Gasteiger partial charge in [-0.3, -0.25) is 9.59 Å². The van der Waals surface area contributed by atoms with Crippen LogP contribution in [0, 0.1) is 5.92 Å². The molecular weight excluding hydrogens is 360 g/mol. The van der Waals surface area contributed by atoms with Crippen LogP contribution >= 0.6 is 23.8 Å². The lowest BCUT2D eigenvalue weighted by Gasteiger charge is -2.40. The maximum atomic E-state index is 12.6. The van der Waals surface area contributed by atoms with Gasteiger partial charge in [0.2, 0.25) is 0 Å². The van der Waals surface area contributed by atoms with Crippen LogP contribution in [-0.4, -0.2) is 40.6 Å². The molecule has 0 saturated carbocycles. The number of halogens is 1. The van der Waals surface area contributed by atoms with Gasteiger partial charge in [0.25, 0.3) is 0 Å². The Bertz CT molecular complexity index is 720. The number of thiocarbonyl (C=S) groups is 1. The van der Waals surface area contributed by atoms with Gasteiger partial charge in [-0.15, -0.1) is 0 Å². The van der Waals surface area contributed by atoms with Crippen LogP contribution in [0.3, 0.4) is 0 Å². The summed E-state index contributed by atoms with van der Waals surface area (Å²) < 4.78 is 5.25. The van der Waals surface area contributed by atoms with Crippen molar-refractivity contribution < 1.29 is 14.3 Å². The van der Waals surface area contributed by atoms with Crippen molar-refractivity contribution in [2.75, 3.05) is 13.2 Å². The molecule has 134 valence electrons. The van der Waals surface area contributed by atoms with Gasteiger partial charge in [0.05, 0.1) is 12.6 Å². The number of esters is 1. The maximum Gasteiger partial charge on any atom is 0.317 e. The molecule has 1 aromatic carbocycles. The van der Waals surface area contributed by atoms with E-state index in [1.165, 1.54) is 6.92 Å². The summed E-state index contributed by atoms with van der Waals surface area (Å²) in [4.78, 5) is 30.2. The number of hydrogen-bond acceptors (Lipinski definition) is 4. The molecule has 25 heavy (non-hydrogen) atoms. The summed E-state index contributed by atoms with van der Waals surface area (Å²) in [6.07, 6.45) is 0.311. The largest absolute Gasteiger partial charge is 0.465 e. The zero-order valence-electron chi connectivity index (χ0n) is 14.5. The Balaban J connectivity index is 2.53. The minimum absolute atomic E-state index is 0.0414. The van der Waals surface area contributed by atoms with Crippen LogP contribution in [0.1, 0.15) is 38.8 Å². The van der Waals surface area contributed by atoms with Crippen LogP contribution in [0.15, 0.2) is 29.3 Å². The predicted octanol–water partition coefficient (Wildman–Crippen LogP) is 3.60. The van der Waals surface area contributed by atoms with Crippen molar-refractivity contribution in [3.63, 3.8) is 0 Å². The number of carbonyl (C=O) groups is 2. The normalized spacial score (nSPS) is 20.2. The first-order valence-corrected chi connectivity index (χ1v) is 8.91. The van der Waals surface area contributed by atoms with E-state index in [1.54, 1.807) is 24.8 Å². The minimum Gasteiger partial charge on any atom is -0.465 e. The van der Waals surface area contributed by atoms with Gasteiger partial charge >= 0.3 is 5.97 Å². The van der Waals surface area contributed by atoms with Crippen LogP contribution in [-0.2, 0) is 14.3 Å². The first kappa shape index (κ1) is 19.5. The number of ether oxygens (including phenoxy) is 1. The van der Waals surface area contributed by atoms with E-state index < -0.39 is 12.0 Å². The molecule has 7 heteroatoms. The average molecular weight is 381 g/mol. The monoisotopic (exact) mass is 380 g/mol. The molecule has 0 bridgehead atoms. The van der Waals surface area contributed by atoms with Gasteiger partial charge in [-0.05, 0) is 44.6 Å². The number of ketones is 1. The van der Waals surface area contributed by atoms with Crippen LogP contribution in [0.2, 0.25) is 5.02 Å². The van der Waals surface area contributed by atoms with E-state index in [1.807, 2.05) is 18.2 Å². The Morgan fingerprint density at radius 2 is 2.04 bits per heavy atom. The highest BCUT2D eigenvalue weighted by atomic mass is 35.5. The molecule has 1 aromatic rings. The second kappa shape index (κ2) is 8.54. The van der Waals surface area contributed by atoms with Crippen LogP contribution in [0.25, 0.3) is 0 Å². The number of hydrogen-bond donors (Lipinski definition) is 0. The Morgan fingerprint density at radius 3 is 2.64 bits per heavy atom. The van der Waals surface area contributed by atoms with Gasteiger partial charge in [-0.1, -0.05) is 29.8 Å². The highest BCUT2D eigenvalue weighted by Gasteiger charge is 2.42. The Morgan fingerprint density at radius 1 is 1.36 bits per heavy atom. The second-order valence-corrected chi connectivity index (χ2v) is 6.65. The third kappa shape index (κ3) is 4.44. The summed E-state index contributed by atoms with van der Waals surface area (Å²) in [7, 11) is 0. The summed E-state index contributed by atoms with van der Waals surface area (Å²) in [6.45, 7) is 5.69. The topological polar surface area (TPSA) is 59.0 Å². The van der Waals surface area contributed by atoms with Gasteiger partial charge in [0.15, 0.2) is 5.11 Å². The number of rotatable bonds is 6. The number of Topliss-reactive ketones (excluding diaryl/α,β-unsaturated/α-hetero) is 1. The molecule has 2 rings (SSSR count). The predicted molar refractivity (Wildman–Crippen MR) is 102 cm³/mol. The molecule has 5 nitrogen and oxygen atoms in total. The zero-order valence-corrected chi connectivity index (χ0v) is 16.1. The highest BCUT2D eigenvalue weighted by molar-refractivity contribution is 7.80. The number of nitrogens with zero attached hydrogens (tertiary/aromatic N) is 2. The van der Waals surface area contributed by atoms with Gasteiger partial charge in [-0.2, -0.15) is 0 Å². The van der Waals surface area contributed by atoms with E-state index in [0.29, 0.717) is 28.8 Å². The number of carbonyl (C=O) groups excluding carboxylic acids is 2. The van der Waals surface area contributed by atoms with E-state index in [-0.39, 0.29) is 18.4 Å². The second-order valence-electron chi connectivity index (χ2n) is 5.88. The van der Waals surface area contributed by atoms with Gasteiger partial charge in [0, 0.05) is 23.7 Å². The highest BCUT2D eigenvalue weighted by Crippen LogP contribution is 2.38. The molecule has 0 saturated heterocycles. The molecule has 0 N–H and O–H groups in total. The molecule has 1 aliphatic heterocycles. The molecule has 0 fully saturated rings. The lowest BCUT2D eigenvalue weighted by atomic mass is 9.86. The smallest absolute Gasteiger partial charge is 0.317 e. The van der Waals surface area contributed by atoms with Crippen LogP contribution < -0.4 is 0 Å². The van der Waals surface area contributed by atoms with Crippen molar-refractivity contribution in [3.8, 4) is 0 Å². The lowest BCUT2D eigenvalue weighted by Crippen LogP contribution is -2.47. The fourth-order valence-electron chi connectivity index (χ4n) is 2.92. The molecular formula is C18H21ClN2O3S.